The molecular weight excluding hydrogens is 488 g/mol. The largest absolute Gasteiger partial charge is 0.355 e. The van der Waals surface area contributed by atoms with Crippen LogP contribution in [0.15, 0.2) is 72.1 Å². The lowest BCUT2D eigenvalue weighted by Gasteiger charge is -2.23. The molecule has 2 aromatic carbocycles. The van der Waals surface area contributed by atoms with Gasteiger partial charge in [0.1, 0.15) is 12.4 Å². The van der Waals surface area contributed by atoms with Gasteiger partial charge < -0.3 is 5.32 Å². The molecule has 1 N–H and O–H groups in total. The highest BCUT2D eigenvalue weighted by Crippen LogP contribution is 2.49. The lowest BCUT2D eigenvalue weighted by molar-refractivity contribution is -0.122. The molecule has 0 radical (unpaired) electrons. The van der Waals surface area contributed by atoms with Crippen LogP contribution in [0.4, 0.5) is 5.82 Å². The third-order valence-corrected chi connectivity index (χ3v) is 8.38. The second-order valence-corrected chi connectivity index (χ2v) is 10.8. The number of aromatic nitrogens is 2. The Morgan fingerprint density at radius 1 is 1.11 bits per heavy atom. The molecule has 184 valence electrons. The van der Waals surface area contributed by atoms with E-state index in [4.69, 9.17) is 5.10 Å². The zero-order chi connectivity index (χ0) is 25.1. The number of fused-ring (bicyclic) bond motifs is 1. The van der Waals surface area contributed by atoms with E-state index in [1.54, 1.807) is 28.0 Å². The first-order valence-electron chi connectivity index (χ1n) is 12.0. The molecule has 1 aliphatic rings. The van der Waals surface area contributed by atoms with Crippen LogP contribution in [-0.2, 0) is 9.59 Å². The molecule has 1 aliphatic heterocycles. The molecule has 0 bridgehead atoms. The minimum absolute atomic E-state index is 0.0463. The van der Waals surface area contributed by atoms with Gasteiger partial charge in [0.2, 0.25) is 11.8 Å². The molecule has 8 heteroatoms. The highest BCUT2D eigenvalue weighted by molar-refractivity contribution is 8.00. The highest BCUT2D eigenvalue weighted by atomic mass is 32.2. The molecule has 0 spiro atoms. The predicted octanol–water partition coefficient (Wildman–Crippen LogP) is 5.60. The summed E-state index contributed by atoms with van der Waals surface area (Å²) in [7, 11) is 0. The van der Waals surface area contributed by atoms with Gasteiger partial charge >= 0.3 is 0 Å². The Kier molecular flexibility index (Phi) is 7.25. The van der Waals surface area contributed by atoms with Gasteiger partial charge in [-0.3, -0.25) is 14.5 Å². The molecule has 0 saturated heterocycles. The topological polar surface area (TPSA) is 67.2 Å². The first-order chi connectivity index (χ1) is 17.6. The van der Waals surface area contributed by atoms with E-state index in [0.29, 0.717) is 12.4 Å². The van der Waals surface area contributed by atoms with Crippen molar-refractivity contribution in [2.24, 2.45) is 0 Å². The van der Waals surface area contributed by atoms with Gasteiger partial charge in [0.15, 0.2) is 0 Å². The summed E-state index contributed by atoms with van der Waals surface area (Å²) in [6, 6.07) is 22.3. The summed E-state index contributed by atoms with van der Waals surface area (Å²) in [5, 5.41) is 10.0. The van der Waals surface area contributed by atoms with Crippen molar-refractivity contribution in [3.63, 3.8) is 0 Å². The SMILES string of the molecule is CCCNC(=O)CN1C(=O)CSC(c2cccs2)c2c(-c3ccccc3)nn(-c3cccc(C)c3)c21. The minimum Gasteiger partial charge on any atom is -0.355 e. The maximum atomic E-state index is 13.6. The van der Waals surface area contributed by atoms with Gasteiger partial charge in [-0.25, -0.2) is 4.68 Å². The number of nitrogens with one attached hydrogen (secondary N) is 1. The quantitative estimate of drug-likeness (QED) is 0.347. The van der Waals surface area contributed by atoms with Crippen molar-refractivity contribution in [2.75, 3.05) is 23.7 Å². The molecule has 0 saturated carbocycles. The van der Waals surface area contributed by atoms with E-state index in [-0.39, 0.29) is 29.4 Å². The molecule has 1 atom stereocenters. The maximum Gasteiger partial charge on any atom is 0.240 e. The average molecular weight is 517 g/mol. The number of anilines is 1. The summed E-state index contributed by atoms with van der Waals surface area (Å²) < 4.78 is 1.85. The molecule has 2 amide bonds. The van der Waals surface area contributed by atoms with Crippen LogP contribution in [0.1, 0.15) is 34.6 Å². The zero-order valence-corrected chi connectivity index (χ0v) is 21.9. The number of thioether (sulfide) groups is 1. The number of nitrogens with zero attached hydrogens (tertiary/aromatic N) is 3. The van der Waals surface area contributed by atoms with Gasteiger partial charge in [-0.15, -0.1) is 23.1 Å². The standard InChI is InChI=1S/C28H28N4O2S2/c1-3-14-29-23(33)17-31-24(34)18-36-27(22-13-8-15-35-22)25-26(20-10-5-4-6-11-20)30-32(28(25)31)21-12-7-9-19(2)16-21/h4-13,15-16,27H,3,14,17-18H2,1-2H3,(H,29,33). The van der Waals surface area contributed by atoms with Crippen molar-refractivity contribution in [1.82, 2.24) is 15.1 Å². The Morgan fingerprint density at radius 2 is 1.94 bits per heavy atom. The molecule has 6 nitrogen and oxygen atoms in total. The molecule has 0 fully saturated rings. The average Bonchev–Trinajstić information content (AvgIpc) is 3.53. The molecule has 2 aromatic heterocycles. The van der Waals surface area contributed by atoms with Crippen LogP contribution in [0.2, 0.25) is 0 Å². The maximum absolute atomic E-state index is 13.6. The summed E-state index contributed by atoms with van der Waals surface area (Å²) in [5.74, 6) is 0.675. The van der Waals surface area contributed by atoms with Gasteiger partial charge in [0.05, 0.1) is 22.4 Å². The van der Waals surface area contributed by atoms with Crippen molar-refractivity contribution in [2.45, 2.75) is 25.5 Å². The van der Waals surface area contributed by atoms with Crippen LogP contribution in [0.3, 0.4) is 0 Å². The first-order valence-corrected chi connectivity index (χ1v) is 14.0. The fourth-order valence-corrected chi connectivity index (χ4v) is 6.57. The lowest BCUT2D eigenvalue weighted by atomic mass is 10.0. The zero-order valence-electron chi connectivity index (χ0n) is 20.3. The Bertz CT molecular complexity index is 1370. The number of aryl methyl sites for hydroxylation is 1. The molecule has 5 rings (SSSR count). The number of hydrogen-bond acceptors (Lipinski definition) is 5. The summed E-state index contributed by atoms with van der Waals surface area (Å²) in [5.41, 5.74) is 4.72. The monoisotopic (exact) mass is 516 g/mol. The first kappa shape index (κ1) is 24.3. The van der Waals surface area contributed by atoms with E-state index < -0.39 is 0 Å². The number of thiophene rings is 1. The van der Waals surface area contributed by atoms with Crippen molar-refractivity contribution in [3.8, 4) is 16.9 Å². The Labute approximate surface area is 219 Å². The number of amides is 2. The van der Waals surface area contributed by atoms with Crippen LogP contribution in [0.5, 0.6) is 0 Å². The minimum atomic E-state index is -0.172. The second kappa shape index (κ2) is 10.7. The smallest absolute Gasteiger partial charge is 0.240 e. The lowest BCUT2D eigenvalue weighted by Crippen LogP contribution is -2.42. The van der Waals surface area contributed by atoms with Crippen LogP contribution in [0.25, 0.3) is 16.9 Å². The predicted molar refractivity (Wildman–Crippen MR) is 148 cm³/mol. The number of hydrogen-bond donors (Lipinski definition) is 1. The summed E-state index contributed by atoms with van der Waals surface area (Å²) >= 11 is 3.27. The van der Waals surface area contributed by atoms with Crippen LogP contribution >= 0.6 is 23.1 Å². The van der Waals surface area contributed by atoms with E-state index >= 15 is 0 Å². The highest BCUT2D eigenvalue weighted by Gasteiger charge is 2.38. The number of carbonyl (C=O) groups excluding carboxylic acids is 2. The van der Waals surface area contributed by atoms with E-state index in [1.165, 1.54) is 0 Å². The van der Waals surface area contributed by atoms with Gasteiger partial charge in [0.25, 0.3) is 0 Å². The van der Waals surface area contributed by atoms with Crippen molar-refractivity contribution < 1.29 is 9.59 Å². The number of rotatable bonds is 7. The third-order valence-electron chi connectivity index (χ3n) is 6.06. The number of benzene rings is 2. The summed E-state index contributed by atoms with van der Waals surface area (Å²) in [6.07, 6.45) is 0.834. The van der Waals surface area contributed by atoms with Crippen molar-refractivity contribution >= 4 is 40.7 Å². The van der Waals surface area contributed by atoms with Crippen molar-refractivity contribution in [3.05, 3.63) is 88.1 Å². The van der Waals surface area contributed by atoms with E-state index in [1.807, 2.05) is 73.1 Å². The molecule has 1 unspecified atom stereocenters. The van der Waals surface area contributed by atoms with Gasteiger partial charge in [-0.2, -0.15) is 5.10 Å². The van der Waals surface area contributed by atoms with Gasteiger partial charge in [-0.1, -0.05) is 55.5 Å². The Morgan fingerprint density at radius 3 is 2.67 bits per heavy atom. The Hall–Kier alpha value is -3.36. The van der Waals surface area contributed by atoms with Crippen LogP contribution < -0.4 is 10.2 Å². The molecule has 4 aromatic rings. The third kappa shape index (κ3) is 4.83. The van der Waals surface area contributed by atoms with E-state index in [2.05, 4.69) is 22.8 Å². The molecular formula is C28H28N4O2S2. The van der Waals surface area contributed by atoms with Crippen LogP contribution in [-0.4, -0.2) is 40.4 Å². The summed E-state index contributed by atoms with van der Waals surface area (Å²) in [4.78, 5) is 29.3. The van der Waals surface area contributed by atoms with Gasteiger partial charge in [-0.05, 0) is 42.5 Å². The fraction of sp³-hybridized carbons (Fsp3) is 0.250. The normalized spacial score (nSPS) is 15.4. The molecule has 36 heavy (non-hydrogen) atoms. The Balaban J connectivity index is 1.77. The van der Waals surface area contributed by atoms with Crippen LogP contribution in [0, 0.1) is 6.92 Å². The van der Waals surface area contributed by atoms with E-state index in [9.17, 15) is 9.59 Å². The van der Waals surface area contributed by atoms with Gasteiger partial charge in [0, 0.05) is 22.5 Å². The second-order valence-electron chi connectivity index (χ2n) is 8.74. The number of carbonyl (C=O) groups is 2. The molecule has 0 aliphatic carbocycles. The van der Waals surface area contributed by atoms with E-state index in [0.717, 1.165) is 39.4 Å². The fourth-order valence-electron chi connectivity index (χ4n) is 4.40. The summed E-state index contributed by atoms with van der Waals surface area (Å²) in [6.45, 7) is 4.58. The van der Waals surface area contributed by atoms with Crippen molar-refractivity contribution in [1.29, 1.82) is 0 Å². The molecule has 3 heterocycles.